The predicted octanol–water partition coefficient (Wildman–Crippen LogP) is 8.31. The molecule has 0 spiro atoms. The minimum Gasteiger partial charge on any atom is -0.497 e. The Morgan fingerprint density at radius 3 is 2.34 bits per heavy atom. The van der Waals surface area contributed by atoms with Crippen LogP contribution in [-0.2, 0) is 35.3 Å². The molecule has 4 aromatic rings. The maximum Gasteiger partial charge on any atom is 0.413 e. The fraction of sp³-hybridized carbons (Fsp3) is 0.452. The number of ether oxygens (including phenoxy) is 3. The van der Waals surface area contributed by atoms with E-state index in [0.29, 0.717) is 58.9 Å². The molecule has 14 heteroatoms. The van der Waals surface area contributed by atoms with Crippen molar-refractivity contribution in [2.24, 2.45) is 11.8 Å². The summed E-state index contributed by atoms with van der Waals surface area (Å²) >= 11 is 5.22. The smallest absolute Gasteiger partial charge is 0.413 e. The number of aryl methyl sites for hydroxylation is 1. The van der Waals surface area contributed by atoms with E-state index < -0.39 is 17.6 Å². The number of nitrogens with zero attached hydrogens (tertiary/aromatic N) is 3. The lowest BCUT2D eigenvalue weighted by Crippen LogP contribution is -2.33. The molecule has 0 bridgehead atoms. The van der Waals surface area contributed by atoms with Crippen molar-refractivity contribution in [1.82, 2.24) is 14.9 Å². The zero-order valence-corrected chi connectivity index (χ0v) is 34.8. The van der Waals surface area contributed by atoms with E-state index in [9.17, 15) is 19.2 Å². The molecule has 0 aliphatic heterocycles. The van der Waals surface area contributed by atoms with Crippen LogP contribution in [0.1, 0.15) is 101 Å². The number of carbonyl (C=O) groups is 4. The Balaban J connectivity index is 1.26. The van der Waals surface area contributed by atoms with Crippen LogP contribution in [0.4, 0.5) is 16.3 Å². The number of rotatable bonds is 14. The van der Waals surface area contributed by atoms with Crippen LogP contribution < -0.4 is 25.0 Å². The molecule has 2 aromatic heterocycles. The molecular formula is C42H48BrN5O7S. The number of Topliss-reactive ketones (excluding diaryl/α,β-unsaturated/α-hetero) is 1. The molecule has 0 unspecified atom stereocenters. The number of anilines is 2. The number of methoxy groups -OCH3 is 2. The fourth-order valence-corrected chi connectivity index (χ4v) is 8.99. The summed E-state index contributed by atoms with van der Waals surface area (Å²) < 4.78 is 18.9. The first-order valence-corrected chi connectivity index (χ1v) is 20.7. The van der Waals surface area contributed by atoms with Gasteiger partial charge in [0, 0.05) is 39.2 Å². The van der Waals surface area contributed by atoms with Crippen molar-refractivity contribution in [2.45, 2.75) is 90.3 Å². The molecule has 12 nitrogen and oxygen atoms in total. The molecule has 296 valence electrons. The highest BCUT2D eigenvalue weighted by Gasteiger charge is 2.37. The SMILES string of the molecule is COc1ccc(CN(C(=O)c2ncn([C@H]3CCc4sc(CC(=O)C5CC5)c(C(=O)NCC5CC5)c4C3)c2NC(=O)OC(C)(C)C)c2ccc(OC)cc2Br)cc1. The van der Waals surface area contributed by atoms with E-state index in [-0.39, 0.29) is 48.1 Å². The summed E-state index contributed by atoms with van der Waals surface area (Å²) in [6.45, 7) is 6.12. The Hall–Kier alpha value is -4.69. The van der Waals surface area contributed by atoms with Crippen molar-refractivity contribution >= 4 is 62.5 Å². The van der Waals surface area contributed by atoms with Gasteiger partial charge in [0.2, 0.25) is 0 Å². The Morgan fingerprint density at radius 1 is 0.982 bits per heavy atom. The number of ketones is 1. The average Bonchev–Trinajstić information content (AvgIpc) is 4.10. The molecular weight excluding hydrogens is 798 g/mol. The van der Waals surface area contributed by atoms with Crippen LogP contribution in [0.3, 0.4) is 0 Å². The minimum absolute atomic E-state index is 0.0290. The van der Waals surface area contributed by atoms with E-state index in [4.69, 9.17) is 14.2 Å². The molecule has 0 saturated heterocycles. The van der Waals surface area contributed by atoms with Gasteiger partial charge in [0.15, 0.2) is 5.69 Å². The van der Waals surface area contributed by atoms with Crippen LogP contribution in [0.25, 0.3) is 0 Å². The Morgan fingerprint density at radius 2 is 1.70 bits per heavy atom. The third-order valence-corrected chi connectivity index (χ3v) is 12.3. The quantitative estimate of drug-likeness (QED) is 0.129. The fourth-order valence-electron chi connectivity index (χ4n) is 7.06. The van der Waals surface area contributed by atoms with Crippen molar-refractivity contribution in [3.63, 3.8) is 0 Å². The molecule has 2 N–H and O–H groups in total. The van der Waals surface area contributed by atoms with Gasteiger partial charge in [-0.15, -0.1) is 11.3 Å². The first kappa shape index (κ1) is 39.5. The number of nitrogens with one attached hydrogen (secondary N) is 2. The number of hydrogen-bond acceptors (Lipinski definition) is 9. The maximum absolute atomic E-state index is 14.9. The maximum atomic E-state index is 14.9. The second-order valence-corrected chi connectivity index (χ2v) is 17.8. The molecule has 3 aliphatic rings. The third-order valence-electron chi connectivity index (χ3n) is 10.4. The van der Waals surface area contributed by atoms with Crippen LogP contribution in [0.15, 0.2) is 53.3 Å². The van der Waals surface area contributed by atoms with Gasteiger partial charge in [-0.25, -0.2) is 9.78 Å². The molecule has 1 atom stereocenters. The van der Waals surface area contributed by atoms with Crippen LogP contribution in [0.5, 0.6) is 11.5 Å². The minimum atomic E-state index is -0.805. The number of thiophene rings is 1. The largest absolute Gasteiger partial charge is 0.497 e. The third kappa shape index (κ3) is 9.12. The van der Waals surface area contributed by atoms with Gasteiger partial charge < -0.3 is 29.0 Å². The number of imidazole rings is 1. The van der Waals surface area contributed by atoms with Crippen LogP contribution in [-0.4, -0.2) is 59.6 Å². The van der Waals surface area contributed by atoms with Crippen molar-refractivity contribution in [2.75, 3.05) is 31.0 Å². The number of fused-ring (bicyclic) bond motifs is 1. The van der Waals surface area contributed by atoms with Gasteiger partial charge in [-0.05, 0) is 129 Å². The van der Waals surface area contributed by atoms with E-state index in [2.05, 4.69) is 31.5 Å². The van der Waals surface area contributed by atoms with E-state index in [1.54, 1.807) is 75.8 Å². The van der Waals surface area contributed by atoms with E-state index in [1.807, 2.05) is 28.8 Å². The summed E-state index contributed by atoms with van der Waals surface area (Å²) in [6, 6.07) is 12.5. The van der Waals surface area contributed by atoms with Crippen molar-refractivity contribution < 1.29 is 33.4 Å². The lowest BCUT2D eigenvalue weighted by molar-refractivity contribution is -0.119. The summed E-state index contributed by atoms with van der Waals surface area (Å²) in [5.41, 5.74) is 2.16. The van der Waals surface area contributed by atoms with Gasteiger partial charge in [0.25, 0.3) is 11.8 Å². The predicted molar refractivity (Wildman–Crippen MR) is 218 cm³/mol. The molecule has 3 aliphatic carbocycles. The number of carbonyl (C=O) groups excluding carboxylic acids is 4. The van der Waals surface area contributed by atoms with Crippen LogP contribution in [0.2, 0.25) is 0 Å². The first-order chi connectivity index (χ1) is 26.8. The lowest BCUT2D eigenvalue weighted by atomic mass is 9.89. The van der Waals surface area contributed by atoms with Gasteiger partial charge in [-0.1, -0.05) is 12.1 Å². The highest BCUT2D eigenvalue weighted by Crippen LogP contribution is 2.42. The molecule has 2 heterocycles. The summed E-state index contributed by atoms with van der Waals surface area (Å²) in [5.74, 6) is 1.69. The highest BCUT2D eigenvalue weighted by atomic mass is 79.9. The molecule has 2 fully saturated rings. The standard InChI is InChI=1S/C42H48BrN5O7S/c1-42(2,3)55-41(52)46-38-37(40(51)47(22-25-8-13-28(53-4)14-9-25)32-16-15-29(54-5)19-31(32)43)45-23-48(38)27-12-17-34-30(18-27)36(39(50)44-21-24-6-7-24)35(56-34)20-33(49)26-10-11-26/h8-9,13-16,19,23-24,26-27H,6-7,10-12,17-18,20-22H2,1-5H3,(H,44,50)(H,46,52)/t27-/m0/s1. The van der Waals surface area contributed by atoms with E-state index in [1.165, 1.54) is 0 Å². The van der Waals surface area contributed by atoms with Gasteiger partial charge in [-0.2, -0.15) is 0 Å². The van der Waals surface area contributed by atoms with Crippen LogP contribution >= 0.6 is 27.3 Å². The highest BCUT2D eigenvalue weighted by molar-refractivity contribution is 9.10. The average molecular weight is 847 g/mol. The molecule has 2 saturated carbocycles. The van der Waals surface area contributed by atoms with Crippen molar-refractivity contribution in [3.05, 3.63) is 85.4 Å². The monoisotopic (exact) mass is 845 g/mol. The lowest BCUT2D eigenvalue weighted by Gasteiger charge is -2.28. The molecule has 7 rings (SSSR count). The molecule has 2 aromatic carbocycles. The van der Waals surface area contributed by atoms with Crippen molar-refractivity contribution in [3.8, 4) is 11.5 Å². The van der Waals surface area contributed by atoms with Gasteiger partial charge in [0.1, 0.15) is 28.7 Å². The van der Waals surface area contributed by atoms with Gasteiger partial charge >= 0.3 is 6.09 Å². The molecule has 56 heavy (non-hydrogen) atoms. The number of hydrogen-bond donors (Lipinski definition) is 2. The summed E-state index contributed by atoms with van der Waals surface area (Å²) in [7, 11) is 3.17. The van der Waals surface area contributed by atoms with Crippen LogP contribution in [0, 0.1) is 11.8 Å². The summed E-state index contributed by atoms with van der Waals surface area (Å²) in [4.78, 5) is 63.5. The molecule has 3 amide bonds. The molecule has 0 radical (unpaired) electrons. The number of halogens is 1. The zero-order valence-electron chi connectivity index (χ0n) is 32.4. The Bertz CT molecular complexity index is 2130. The zero-order chi connectivity index (χ0) is 39.7. The normalized spacial score (nSPS) is 16.4. The summed E-state index contributed by atoms with van der Waals surface area (Å²) in [6.07, 6.45) is 6.96. The van der Waals surface area contributed by atoms with Crippen molar-refractivity contribution in [1.29, 1.82) is 0 Å². The first-order valence-electron chi connectivity index (χ1n) is 19.1. The Labute approximate surface area is 339 Å². The van der Waals surface area contributed by atoms with Gasteiger partial charge in [0.05, 0.1) is 38.3 Å². The van der Waals surface area contributed by atoms with E-state index >= 15 is 0 Å². The van der Waals surface area contributed by atoms with Gasteiger partial charge in [-0.3, -0.25) is 19.7 Å². The van der Waals surface area contributed by atoms with E-state index in [0.717, 1.165) is 46.6 Å². The second kappa shape index (κ2) is 16.4. The Kier molecular flexibility index (Phi) is 11.6. The second-order valence-electron chi connectivity index (χ2n) is 15.8. The number of amides is 3. The number of aromatic nitrogens is 2. The summed E-state index contributed by atoms with van der Waals surface area (Å²) in [5, 5.41) is 6.04. The number of benzene rings is 2. The topological polar surface area (TPSA) is 141 Å².